The van der Waals surface area contributed by atoms with E-state index in [9.17, 15) is 0 Å². The Morgan fingerprint density at radius 2 is 0.917 bits per heavy atom. The quantitative estimate of drug-likeness (QED) is 0.184. The van der Waals surface area contributed by atoms with Crippen molar-refractivity contribution >= 4 is 82.1 Å². The molecule has 0 radical (unpaired) electrons. The van der Waals surface area contributed by atoms with Crippen LogP contribution in [0.2, 0.25) is 0 Å². The smallest absolute Gasteiger partial charge is 0.137 e. The first-order valence-corrected chi connectivity index (χ1v) is 16.4. The van der Waals surface area contributed by atoms with E-state index in [-0.39, 0.29) is 0 Å². The van der Waals surface area contributed by atoms with E-state index in [1.165, 1.54) is 48.7 Å². The fourth-order valence-electron chi connectivity index (χ4n) is 7.49. The van der Waals surface area contributed by atoms with Gasteiger partial charge in [-0.2, -0.15) is 0 Å². The van der Waals surface area contributed by atoms with E-state index in [0.717, 1.165) is 44.6 Å². The summed E-state index contributed by atoms with van der Waals surface area (Å²) in [4.78, 5) is 2.38. The van der Waals surface area contributed by atoms with E-state index < -0.39 is 0 Å². The van der Waals surface area contributed by atoms with Gasteiger partial charge in [-0.3, -0.25) is 0 Å². The molecule has 1 aromatic heterocycles. The zero-order valence-electron chi connectivity index (χ0n) is 26.1. The summed E-state index contributed by atoms with van der Waals surface area (Å²) in [5.41, 5.74) is 7.35. The summed E-state index contributed by atoms with van der Waals surface area (Å²) in [6.45, 7) is 0. The van der Waals surface area contributed by atoms with Crippen LogP contribution >= 0.6 is 0 Å². The van der Waals surface area contributed by atoms with Crippen molar-refractivity contribution < 1.29 is 4.42 Å². The van der Waals surface area contributed by atoms with Gasteiger partial charge in [0.1, 0.15) is 11.2 Å². The van der Waals surface area contributed by atoms with Crippen molar-refractivity contribution in [2.75, 3.05) is 4.90 Å². The average molecular weight is 612 g/mol. The molecule has 0 aliphatic rings. The van der Waals surface area contributed by atoms with Crippen molar-refractivity contribution in [1.29, 1.82) is 0 Å². The van der Waals surface area contributed by atoms with E-state index in [0.29, 0.717) is 0 Å². The van der Waals surface area contributed by atoms with Crippen LogP contribution in [-0.2, 0) is 0 Å². The van der Waals surface area contributed by atoms with Crippen molar-refractivity contribution in [1.82, 2.24) is 0 Å². The summed E-state index contributed by atoms with van der Waals surface area (Å²) >= 11 is 0. The van der Waals surface area contributed by atoms with Crippen LogP contribution < -0.4 is 4.90 Å². The highest BCUT2D eigenvalue weighted by atomic mass is 16.3. The van der Waals surface area contributed by atoms with Gasteiger partial charge in [-0.15, -0.1) is 0 Å². The summed E-state index contributed by atoms with van der Waals surface area (Å²) in [7, 11) is 0. The van der Waals surface area contributed by atoms with Crippen LogP contribution in [0.25, 0.3) is 76.2 Å². The number of furan rings is 1. The molecule has 0 amide bonds. The molecule has 0 saturated heterocycles. The van der Waals surface area contributed by atoms with E-state index in [1.54, 1.807) is 0 Å². The second-order valence-electron chi connectivity index (χ2n) is 12.5. The van der Waals surface area contributed by atoms with Crippen LogP contribution in [0, 0.1) is 0 Å². The Morgan fingerprint density at radius 1 is 0.333 bits per heavy atom. The number of rotatable bonds is 4. The first-order chi connectivity index (χ1) is 23.8. The van der Waals surface area contributed by atoms with Crippen molar-refractivity contribution in [3.63, 3.8) is 0 Å². The lowest BCUT2D eigenvalue weighted by Gasteiger charge is -2.28. The predicted octanol–water partition coefficient (Wildman–Crippen LogP) is 13.3. The van der Waals surface area contributed by atoms with Crippen LogP contribution in [0.3, 0.4) is 0 Å². The molecule has 0 saturated carbocycles. The van der Waals surface area contributed by atoms with Crippen LogP contribution in [0.4, 0.5) is 17.1 Å². The molecule has 10 rings (SSSR count). The van der Waals surface area contributed by atoms with Gasteiger partial charge in [0.05, 0.1) is 5.69 Å². The lowest BCUT2D eigenvalue weighted by atomic mass is 9.96. The highest BCUT2D eigenvalue weighted by Gasteiger charge is 2.20. The van der Waals surface area contributed by atoms with Gasteiger partial charge in [-0.25, -0.2) is 0 Å². The molecular formula is C46H29NO. The van der Waals surface area contributed by atoms with Crippen LogP contribution in [-0.4, -0.2) is 0 Å². The standard InChI is InChI=1S/C46H29NO/c1-2-10-30(11-3-1)38-16-8-9-17-44(38)47(36-22-25-41-43-26-33-13-4-5-14-34(33)27-45(43)48-46(41)29-36)35-21-18-32-20-23-39-37-15-7-6-12-31(37)19-24-40(39)42(32)28-35/h1-29H. The lowest BCUT2D eigenvalue weighted by Crippen LogP contribution is -2.11. The third kappa shape index (κ3) is 4.20. The molecule has 0 bridgehead atoms. The Hall–Kier alpha value is -6.38. The van der Waals surface area contributed by atoms with Crippen molar-refractivity contribution in [2.24, 2.45) is 0 Å². The molecule has 0 unspecified atom stereocenters. The van der Waals surface area contributed by atoms with Gasteiger partial charge in [-0.05, 0) is 91.1 Å². The Bertz CT molecular complexity index is 2850. The molecule has 48 heavy (non-hydrogen) atoms. The van der Waals surface area contributed by atoms with Crippen LogP contribution in [0.5, 0.6) is 0 Å². The van der Waals surface area contributed by atoms with Gasteiger partial charge < -0.3 is 9.32 Å². The summed E-state index contributed by atoms with van der Waals surface area (Å²) in [5.74, 6) is 0. The van der Waals surface area contributed by atoms with Gasteiger partial charge in [0.25, 0.3) is 0 Å². The molecule has 1 heterocycles. The molecule has 224 valence electrons. The maximum absolute atomic E-state index is 6.58. The predicted molar refractivity (Wildman–Crippen MR) is 204 cm³/mol. The van der Waals surface area contributed by atoms with Gasteiger partial charge >= 0.3 is 0 Å². The minimum Gasteiger partial charge on any atom is -0.456 e. The van der Waals surface area contributed by atoms with Crippen molar-refractivity contribution in [3.8, 4) is 11.1 Å². The number of benzene rings is 9. The summed E-state index contributed by atoms with van der Waals surface area (Å²) < 4.78 is 6.58. The van der Waals surface area contributed by atoms with Gasteiger partial charge in [0.2, 0.25) is 0 Å². The second-order valence-corrected chi connectivity index (χ2v) is 12.5. The molecular weight excluding hydrogens is 583 g/mol. The number of hydrogen-bond acceptors (Lipinski definition) is 2. The highest BCUT2D eigenvalue weighted by Crippen LogP contribution is 2.44. The first-order valence-electron chi connectivity index (χ1n) is 16.4. The first kappa shape index (κ1) is 26.8. The lowest BCUT2D eigenvalue weighted by molar-refractivity contribution is 0.669. The molecule has 9 aromatic carbocycles. The van der Waals surface area contributed by atoms with E-state index in [4.69, 9.17) is 4.42 Å². The molecule has 0 N–H and O–H groups in total. The number of fused-ring (bicyclic) bond motifs is 9. The normalized spacial score (nSPS) is 11.8. The Kier molecular flexibility index (Phi) is 5.91. The minimum absolute atomic E-state index is 0.873. The fraction of sp³-hybridized carbons (Fsp3) is 0. The zero-order valence-corrected chi connectivity index (χ0v) is 26.1. The SMILES string of the molecule is c1ccc(-c2ccccc2N(c2ccc3c(c2)oc2cc4ccccc4cc23)c2ccc3ccc4c5ccccc5ccc4c3c2)cc1. The molecule has 0 aliphatic heterocycles. The monoisotopic (exact) mass is 611 g/mol. The van der Waals surface area contributed by atoms with Gasteiger partial charge in [0, 0.05) is 33.8 Å². The Morgan fingerprint density at radius 3 is 1.77 bits per heavy atom. The summed E-state index contributed by atoms with van der Waals surface area (Å²) in [5, 5.41) is 12.2. The maximum Gasteiger partial charge on any atom is 0.137 e. The summed E-state index contributed by atoms with van der Waals surface area (Å²) in [6.07, 6.45) is 0. The molecule has 10 aromatic rings. The largest absolute Gasteiger partial charge is 0.456 e. The van der Waals surface area contributed by atoms with Crippen LogP contribution in [0.15, 0.2) is 180 Å². The number of anilines is 3. The molecule has 2 nitrogen and oxygen atoms in total. The zero-order chi connectivity index (χ0) is 31.6. The second kappa shape index (κ2) is 10.6. The number of nitrogens with zero attached hydrogens (tertiary/aromatic N) is 1. The number of hydrogen-bond donors (Lipinski definition) is 0. The molecule has 0 spiro atoms. The molecule has 0 atom stereocenters. The highest BCUT2D eigenvalue weighted by molar-refractivity contribution is 6.18. The minimum atomic E-state index is 0.873. The Labute approximate surface area is 277 Å². The van der Waals surface area contributed by atoms with Crippen molar-refractivity contribution in [2.45, 2.75) is 0 Å². The van der Waals surface area contributed by atoms with Gasteiger partial charge in [0.15, 0.2) is 0 Å². The third-order valence-corrected chi connectivity index (χ3v) is 9.80. The van der Waals surface area contributed by atoms with Gasteiger partial charge in [-0.1, -0.05) is 127 Å². The van der Waals surface area contributed by atoms with E-state index >= 15 is 0 Å². The van der Waals surface area contributed by atoms with Crippen molar-refractivity contribution in [3.05, 3.63) is 176 Å². The number of para-hydroxylation sites is 1. The van der Waals surface area contributed by atoms with E-state index in [2.05, 4.69) is 181 Å². The molecule has 2 heteroatoms. The molecule has 0 aliphatic carbocycles. The van der Waals surface area contributed by atoms with E-state index in [1.807, 2.05) is 0 Å². The third-order valence-electron chi connectivity index (χ3n) is 9.80. The maximum atomic E-state index is 6.58. The topological polar surface area (TPSA) is 16.4 Å². The van der Waals surface area contributed by atoms with Crippen LogP contribution in [0.1, 0.15) is 0 Å². The fourth-order valence-corrected chi connectivity index (χ4v) is 7.49. The average Bonchev–Trinajstić information content (AvgIpc) is 3.50. The Balaban J connectivity index is 1.23. The summed E-state index contributed by atoms with van der Waals surface area (Å²) in [6, 6.07) is 63.4. The molecule has 0 fully saturated rings.